The second kappa shape index (κ2) is 5.63. The second-order valence-electron chi connectivity index (χ2n) is 3.28. The molecule has 4 nitrogen and oxygen atoms in total. The Kier molecular flexibility index (Phi) is 3.87. The molecule has 0 aromatic carbocycles. The van der Waals surface area contributed by atoms with Crippen LogP contribution in [0.2, 0.25) is 0 Å². The van der Waals surface area contributed by atoms with Gasteiger partial charge in [0.2, 0.25) is 0 Å². The first-order valence-corrected chi connectivity index (χ1v) is 5.90. The van der Waals surface area contributed by atoms with E-state index in [1.54, 1.807) is 17.5 Å². The molecule has 0 aliphatic rings. The summed E-state index contributed by atoms with van der Waals surface area (Å²) in [6.45, 7) is 2.91. The molecule has 0 aliphatic heterocycles. The summed E-state index contributed by atoms with van der Waals surface area (Å²) < 4.78 is 1.85. The monoisotopic (exact) mass is 222 g/mol. The lowest BCUT2D eigenvalue weighted by Gasteiger charge is -2.02. The van der Waals surface area contributed by atoms with Crippen molar-refractivity contribution in [2.24, 2.45) is 0 Å². The summed E-state index contributed by atoms with van der Waals surface area (Å²) in [6.07, 6.45) is 4.67. The van der Waals surface area contributed by atoms with Crippen molar-refractivity contribution < 1.29 is 0 Å². The Morgan fingerprint density at radius 2 is 2.47 bits per heavy atom. The molecule has 0 atom stereocenters. The molecule has 0 spiro atoms. The fourth-order valence-electron chi connectivity index (χ4n) is 1.34. The summed E-state index contributed by atoms with van der Waals surface area (Å²) >= 11 is 1.79. The van der Waals surface area contributed by atoms with E-state index < -0.39 is 0 Å². The summed E-state index contributed by atoms with van der Waals surface area (Å²) in [7, 11) is 0. The maximum atomic E-state index is 3.90. The minimum atomic E-state index is 0.928. The molecule has 80 valence electrons. The van der Waals surface area contributed by atoms with Gasteiger partial charge in [-0.25, -0.2) is 0 Å². The summed E-state index contributed by atoms with van der Waals surface area (Å²) in [5.41, 5.74) is 0. The normalized spacial score (nSPS) is 10.7. The van der Waals surface area contributed by atoms with E-state index >= 15 is 0 Å². The standard InChI is InChI=1S/C10H14N4S/c1-3-10(15-8-1)9-11-4-2-6-14-7-5-12-13-14/h1,3,5,7-8,11H,2,4,6,9H2. The fraction of sp³-hybridized carbons (Fsp3) is 0.400. The van der Waals surface area contributed by atoms with Crippen molar-refractivity contribution in [2.45, 2.75) is 19.5 Å². The Balaban J connectivity index is 1.56. The van der Waals surface area contributed by atoms with Gasteiger partial charge in [0.15, 0.2) is 0 Å². The molecule has 0 radical (unpaired) electrons. The van der Waals surface area contributed by atoms with Gasteiger partial charge in [-0.15, -0.1) is 16.4 Å². The highest BCUT2D eigenvalue weighted by Gasteiger charge is 1.94. The molecule has 0 aliphatic carbocycles. The van der Waals surface area contributed by atoms with Gasteiger partial charge in [0.05, 0.1) is 6.20 Å². The van der Waals surface area contributed by atoms with Gasteiger partial charge >= 0.3 is 0 Å². The van der Waals surface area contributed by atoms with Gasteiger partial charge in [-0.05, 0) is 24.4 Å². The lowest BCUT2D eigenvalue weighted by Crippen LogP contribution is -2.16. The Morgan fingerprint density at radius 3 is 3.20 bits per heavy atom. The maximum absolute atomic E-state index is 3.90. The molecule has 0 amide bonds. The number of aromatic nitrogens is 3. The zero-order valence-corrected chi connectivity index (χ0v) is 9.28. The summed E-state index contributed by atoms with van der Waals surface area (Å²) in [4.78, 5) is 1.38. The van der Waals surface area contributed by atoms with Gasteiger partial charge in [0.1, 0.15) is 0 Å². The molecule has 2 heterocycles. The first-order chi connectivity index (χ1) is 7.45. The fourth-order valence-corrected chi connectivity index (χ4v) is 2.02. The Bertz CT molecular complexity index is 318. The SMILES string of the molecule is c1csc(CNCCCn2ccnn2)c1. The van der Waals surface area contributed by atoms with E-state index in [0.717, 1.165) is 26.1 Å². The van der Waals surface area contributed by atoms with E-state index in [9.17, 15) is 0 Å². The molecule has 0 bridgehead atoms. The number of thiophene rings is 1. The smallest absolute Gasteiger partial charge is 0.0692 e. The molecule has 0 unspecified atom stereocenters. The third-order valence-corrected chi connectivity index (χ3v) is 2.97. The van der Waals surface area contributed by atoms with Crippen LogP contribution >= 0.6 is 11.3 Å². The number of nitrogens with zero attached hydrogens (tertiary/aromatic N) is 3. The topological polar surface area (TPSA) is 42.7 Å². The van der Waals surface area contributed by atoms with Crippen LogP contribution in [0.5, 0.6) is 0 Å². The van der Waals surface area contributed by atoms with Gasteiger partial charge in [-0.1, -0.05) is 11.3 Å². The minimum Gasteiger partial charge on any atom is -0.312 e. The molecule has 0 saturated heterocycles. The van der Waals surface area contributed by atoms with Crippen LogP contribution in [0.3, 0.4) is 0 Å². The lowest BCUT2D eigenvalue weighted by molar-refractivity contribution is 0.531. The summed E-state index contributed by atoms with van der Waals surface area (Å²) in [5.74, 6) is 0. The zero-order valence-electron chi connectivity index (χ0n) is 8.47. The second-order valence-corrected chi connectivity index (χ2v) is 4.31. The number of hydrogen-bond donors (Lipinski definition) is 1. The highest BCUT2D eigenvalue weighted by molar-refractivity contribution is 7.09. The Morgan fingerprint density at radius 1 is 1.47 bits per heavy atom. The van der Waals surface area contributed by atoms with Crippen LogP contribution in [0.25, 0.3) is 0 Å². The predicted octanol–water partition coefficient (Wildman–Crippen LogP) is 1.52. The van der Waals surface area contributed by atoms with Gasteiger partial charge in [0, 0.05) is 24.2 Å². The average molecular weight is 222 g/mol. The quantitative estimate of drug-likeness (QED) is 0.754. The van der Waals surface area contributed by atoms with E-state index in [1.165, 1.54) is 4.88 Å². The molecule has 0 fully saturated rings. The van der Waals surface area contributed by atoms with Crippen LogP contribution in [0.15, 0.2) is 29.9 Å². The average Bonchev–Trinajstić information content (AvgIpc) is 2.88. The van der Waals surface area contributed by atoms with Crippen molar-refractivity contribution in [2.75, 3.05) is 6.54 Å². The Hall–Kier alpha value is -1.20. The van der Waals surface area contributed by atoms with Gasteiger partial charge in [-0.3, -0.25) is 4.68 Å². The zero-order chi connectivity index (χ0) is 10.3. The summed E-state index contributed by atoms with van der Waals surface area (Å²) in [5, 5.41) is 13.2. The largest absolute Gasteiger partial charge is 0.312 e. The third-order valence-electron chi connectivity index (χ3n) is 2.09. The maximum Gasteiger partial charge on any atom is 0.0692 e. The van der Waals surface area contributed by atoms with Crippen molar-refractivity contribution in [3.8, 4) is 0 Å². The van der Waals surface area contributed by atoms with Crippen LogP contribution in [-0.2, 0) is 13.1 Å². The molecule has 2 aromatic rings. The minimum absolute atomic E-state index is 0.928. The van der Waals surface area contributed by atoms with Crippen molar-refractivity contribution >= 4 is 11.3 Å². The van der Waals surface area contributed by atoms with Crippen molar-refractivity contribution in [1.82, 2.24) is 20.3 Å². The number of nitrogens with one attached hydrogen (secondary N) is 1. The van der Waals surface area contributed by atoms with E-state index in [1.807, 2.05) is 10.9 Å². The van der Waals surface area contributed by atoms with Crippen LogP contribution < -0.4 is 5.32 Å². The number of aryl methyl sites for hydroxylation is 1. The lowest BCUT2D eigenvalue weighted by atomic mass is 10.4. The van der Waals surface area contributed by atoms with Crippen LogP contribution in [0, 0.1) is 0 Å². The van der Waals surface area contributed by atoms with Gasteiger partial charge in [0.25, 0.3) is 0 Å². The molecule has 2 aromatic heterocycles. The molecule has 1 N–H and O–H groups in total. The summed E-state index contributed by atoms with van der Waals surface area (Å²) in [6, 6.07) is 4.23. The predicted molar refractivity (Wildman–Crippen MR) is 60.7 cm³/mol. The van der Waals surface area contributed by atoms with E-state index in [0.29, 0.717) is 0 Å². The number of rotatable bonds is 6. The van der Waals surface area contributed by atoms with Crippen LogP contribution in [0.1, 0.15) is 11.3 Å². The third kappa shape index (κ3) is 3.45. The molecule has 2 rings (SSSR count). The molecular weight excluding hydrogens is 208 g/mol. The first kappa shape index (κ1) is 10.3. The van der Waals surface area contributed by atoms with Gasteiger partial charge < -0.3 is 5.32 Å². The van der Waals surface area contributed by atoms with E-state index in [4.69, 9.17) is 0 Å². The first-order valence-electron chi connectivity index (χ1n) is 5.02. The molecular formula is C10H14N4S. The van der Waals surface area contributed by atoms with Crippen molar-refractivity contribution in [1.29, 1.82) is 0 Å². The van der Waals surface area contributed by atoms with Gasteiger partial charge in [-0.2, -0.15) is 0 Å². The van der Waals surface area contributed by atoms with Crippen molar-refractivity contribution in [3.05, 3.63) is 34.8 Å². The van der Waals surface area contributed by atoms with Crippen LogP contribution in [-0.4, -0.2) is 21.5 Å². The Labute approximate surface area is 92.9 Å². The number of hydrogen-bond acceptors (Lipinski definition) is 4. The molecule has 0 saturated carbocycles. The van der Waals surface area contributed by atoms with Crippen molar-refractivity contribution in [3.63, 3.8) is 0 Å². The van der Waals surface area contributed by atoms with Crippen LogP contribution in [0.4, 0.5) is 0 Å². The highest BCUT2D eigenvalue weighted by atomic mass is 32.1. The molecule has 15 heavy (non-hydrogen) atoms. The van der Waals surface area contributed by atoms with E-state index in [-0.39, 0.29) is 0 Å². The highest BCUT2D eigenvalue weighted by Crippen LogP contribution is 2.07. The molecule has 5 heteroatoms. The van der Waals surface area contributed by atoms with E-state index in [2.05, 4.69) is 33.1 Å².